The highest BCUT2D eigenvalue weighted by Crippen LogP contribution is 2.23. The molecule has 0 saturated carbocycles. The van der Waals surface area contributed by atoms with Gasteiger partial charge in [0.05, 0.1) is 14.2 Å². The summed E-state index contributed by atoms with van der Waals surface area (Å²) in [6.07, 6.45) is 5.49. The lowest BCUT2D eigenvalue weighted by Crippen LogP contribution is -2.22. The Hall–Kier alpha value is -3.38. The summed E-state index contributed by atoms with van der Waals surface area (Å²) in [5.41, 5.74) is 4.43. The third kappa shape index (κ3) is 4.83. The first-order valence-electron chi connectivity index (χ1n) is 8.79. The molecule has 0 bridgehead atoms. The van der Waals surface area contributed by atoms with Gasteiger partial charge in [-0.15, -0.1) is 6.42 Å². The Kier molecular flexibility index (Phi) is 6.02. The standard InChI is InChI=1S/C24H23NO2/c1-4-19-5-11-22(12-6-19)25(17-20-7-13-23(26-2)14-8-20)18-21-9-15-24(27-3)16-10-21/h1,5-16H,17-18H2,2-3H3. The Bertz CT molecular complexity index is 842. The maximum absolute atomic E-state index is 5.49. The summed E-state index contributed by atoms with van der Waals surface area (Å²) >= 11 is 0. The molecule has 3 heteroatoms. The van der Waals surface area contributed by atoms with Gasteiger partial charge in [-0.1, -0.05) is 30.2 Å². The van der Waals surface area contributed by atoms with E-state index in [1.165, 1.54) is 11.1 Å². The first-order chi connectivity index (χ1) is 13.2. The molecule has 3 aromatic rings. The van der Waals surface area contributed by atoms with Gasteiger partial charge in [0.25, 0.3) is 0 Å². The van der Waals surface area contributed by atoms with Crippen LogP contribution in [0.25, 0.3) is 0 Å². The van der Waals surface area contributed by atoms with Gasteiger partial charge in [0.2, 0.25) is 0 Å². The van der Waals surface area contributed by atoms with E-state index in [9.17, 15) is 0 Å². The number of benzene rings is 3. The highest BCUT2D eigenvalue weighted by Gasteiger charge is 2.09. The SMILES string of the molecule is C#Cc1ccc(N(Cc2ccc(OC)cc2)Cc2ccc(OC)cc2)cc1. The quantitative estimate of drug-likeness (QED) is 0.562. The summed E-state index contributed by atoms with van der Waals surface area (Å²) in [6.45, 7) is 1.57. The van der Waals surface area contributed by atoms with Crippen molar-refractivity contribution < 1.29 is 9.47 Å². The molecule has 0 heterocycles. The Balaban J connectivity index is 1.85. The van der Waals surface area contributed by atoms with Gasteiger partial charge in [0.1, 0.15) is 11.5 Å². The van der Waals surface area contributed by atoms with Gasteiger partial charge in [0.15, 0.2) is 0 Å². The summed E-state index contributed by atoms with van der Waals surface area (Å²) in [5.74, 6) is 4.39. The number of nitrogens with zero attached hydrogens (tertiary/aromatic N) is 1. The maximum Gasteiger partial charge on any atom is 0.118 e. The minimum absolute atomic E-state index is 0.783. The molecule has 0 fully saturated rings. The lowest BCUT2D eigenvalue weighted by Gasteiger charge is -2.25. The predicted molar refractivity (Wildman–Crippen MR) is 110 cm³/mol. The van der Waals surface area contributed by atoms with Crippen molar-refractivity contribution in [2.75, 3.05) is 19.1 Å². The monoisotopic (exact) mass is 357 g/mol. The Morgan fingerprint density at radius 1 is 0.704 bits per heavy atom. The van der Waals surface area contributed by atoms with Crippen LogP contribution in [0.15, 0.2) is 72.8 Å². The number of methoxy groups -OCH3 is 2. The van der Waals surface area contributed by atoms with Crippen LogP contribution in [-0.2, 0) is 13.1 Å². The Labute approximate surface area is 161 Å². The van der Waals surface area contributed by atoms with Gasteiger partial charge < -0.3 is 14.4 Å². The number of anilines is 1. The lowest BCUT2D eigenvalue weighted by molar-refractivity contribution is 0.414. The molecule has 0 aliphatic heterocycles. The summed E-state index contributed by atoms with van der Waals surface area (Å²) in [7, 11) is 3.36. The van der Waals surface area contributed by atoms with Crippen molar-refractivity contribution in [1.82, 2.24) is 0 Å². The van der Waals surface area contributed by atoms with Crippen molar-refractivity contribution in [3.05, 3.63) is 89.5 Å². The first-order valence-corrected chi connectivity index (χ1v) is 8.79. The number of terminal acetylenes is 1. The third-order valence-electron chi connectivity index (χ3n) is 4.46. The van der Waals surface area contributed by atoms with Crippen molar-refractivity contribution in [1.29, 1.82) is 0 Å². The fraction of sp³-hybridized carbons (Fsp3) is 0.167. The van der Waals surface area contributed by atoms with Crippen LogP contribution in [-0.4, -0.2) is 14.2 Å². The molecule has 0 radical (unpaired) electrons. The second kappa shape index (κ2) is 8.82. The van der Waals surface area contributed by atoms with Crippen molar-refractivity contribution in [2.45, 2.75) is 13.1 Å². The Morgan fingerprint density at radius 2 is 1.15 bits per heavy atom. The van der Waals surface area contributed by atoms with Gasteiger partial charge in [-0.3, -0.25) is 0 Å². The highest BCUT2D eigenvalue weighted by atomic mass is 16.5. The van der Waals surface area contributed by atoms with E-state index in [2.05, 4.69) is 47.2 Å². The van der Waals surface area contributed by atoms with Crippen LogP contribution in [0.1, 0.15) is 16.7 Å². The summed E-state index contributed by atoms with van der Waals surface area (Å²) in [6, 6.07) is 24.4. The van der Waals surface area contributed by atoms with Crippen LogP contribution >= 0.6 is 0 Å². The molecule has 0 spiro atoms. The number of rotatable bonds is 7. The second-order valence-electron chi connectivity index (χ2n) is 6.24. The average Bonchev–Trinajstić information content (AvgIpc) is 2.74. The molecule has 0 aromatic heterocycles. The van der Waals surface area contributed by atoms with E-state index in [1.54, 1.807) is 14.2 Å². The topological polar surface area (TPSA) is 21.7 Å². The van der Waals surface area contributed by atoms with E-state index in [-0.39, 0.29) is 0 Å². The fourth-order valence-corrected chi connectivity index (χ4v) is 2.91. The van der Waals surface area contributed by atoms with Gasteiger partial charge in [0, 0.05) is 24.3 Å². The lowest BCUT2D eigenvalue weighted by atomic mass is 10.1. The van der Waals surface area contributed by atoms with E-state index in [1.807, 2.05) is 36.4 Å². The number of hydrogen-bond acceptors (Lipinski definition) is 3. The molecule has 0 saturated heterocycles. The largest absolute Gasteiger partial charge is 0.497 e. The predicted octanol–water partition coefficient (Wildman–Crippen LogP) is 4.89. The Morgan fingerprint density at radius 3 is 1.52 bits per heavy atom. The van der Waals surface area contributed by atoms with E-state index in [0.29, 0.717) is 0 Å². The first kappa shape index (κ1) is 18.4. The summed E-state index contributed by atoms with van der Waals surface area (Å²) in [5, 5.41) is 0. The zero-order chi connectivity index (χ0) is 19.1. The van der Waals surface area contributed by atoms with E-state index < -0.39 is 0 Å². The van der Waals surface area contributed by atoms with Gasteiger partial charge in [-0.05, 0) is 59.7 Å². The van der Waals surface area contributed by atoms with Crippen molar-refractivity contribution in [2.24, 2.45) is 0 Å². The average molecular weight is 357 g/mol. The molecule has 0 unspecified atom stereocenters. The molecule has 0 aliphatic carbocycles. The minimum Gasteiger partial charge on any atom is -0.497 e. The van der Waals surface area contributed by atoms with Crippen LogP contribution < -0.4 is 14.4 Å². The van der Waals surface area contributed by atoms with Crippen molar-refractivity contribution in [3.8, 4) is 23.8 Å². The molecule has 3 rings (SSSR count). The van der Waals surface area contributed by atoms with E-state index in [4.69, 9.17) is 15.9 Å². The van der Waals surface area contributed by atoms with Crippen LogP contribution in [0, 0.1) is 12.3 Å². The molecule has 136 valence electrons. The van der Waals surface area contributed by atoms with E-state index >= 15 is 0 Å². The van der Waals surface area contributed by atoms with Gasteiger partial charge in [-0.25, -0.2) is 0 Å². The summed E-state index contributed by atoms with van der Waals surface area (Å²) in [4.78, 5) is 2.32. The smallest absolute Gasteiger partial charge is 0.118 e. The molecule has 0 aliphatic rings. The zero-order valence-electron chi connectivity index (χ0n) is 15.7. The molecule has 0 N–H and O–H groups in total. The third-order valence-corrected chi connectivity index (χ3v) is 4.46. The molecule has 3 aromatic carbocycles. The zero-order valence-corrected chi connectivity index (χ0v) is 15.7. The van der Waals surface area contributed by atoms with Crippen LogP contribution in [0.3, 0.4) is 0 Å². The van der Waals surface area contributed by atoms with Crippen molar-refractivity contribution in [3.63, 3.8) is 0 Å². The molecular formula is C24H23NO2. The van der Waals surface area contributed by atoms with Crippen molar-refractivity contribution >= 4 is 5.69 Å². The maximum atomic E-state index is 5.49. The molecule has 0 atom stereocenters. The highest BCUT2D eigenvalue weighted by molar-refractivity contribution is 5.51. The van der Waals surface area contributed by atoms with Gasteiger partial charge in [-0.2, -0.15) is 0 Å². The van der Waals surface area contributed by atoms with Crippen LogP contribution in [0.5, 0.6) is 11.5 Å². The second-order valence-corrected chi connectivity index (χ2v) is 6.24. The van der Waals surface area contributed by atoms with Crippen LogP contribution in [0.4, 0.5) is 5.69 Å². The molecular weight excluding hydrogens is 334 g/mol. The number of hydrogen-bond donors (Lipinski definition) is 0. The summed E-state index contributed by atoms with van der Waals surface area (Å²) < 4.78 is 10.5. The molecule has 3 nitrogen and oxygen atoms in total. The minimum atomic E-state index is 0.783. The normalized spacial score (nSPS) is 10.1. The fourth-order valence-electron chi connectivity index (χ4n) is 2.91. The molecule has 0 amide bonds. The van der Waals surface area contributed by atoms with E-state index in [0.717, 1.165) is 35.8 Å². The number of ether oxygens (including phenoxy) is 2. The van der Waals surface area contributed by atoms with Crippen LogP contribution in [0.2, 0.25) is 0 Å². The molecule has 27 heavy (non-hydrogen) atoms. The van der Waals surface area contributed by atoms with Gasteiger partial charge >= 0.3 is 0 Å².